The fourth-order valence-electron chi connectivity index (χ4n) is 3.76. The summed E-state index contributed by atoms with van der Waals surface area (Å²) >= 11 is 0. The molecule has 1 amide bonds. The summed E-state index contributed by atoms with van der Waals surface area (Å²) in [5.41, 5.74) is 2.88. The van der Waals surface area contributed by atoms with Gasteiger partial charge in [0.05, 0.1) is 17.8 Å². The monoisotopic (exact) mass is 366 g/mol. The topological polar surface area (TPSA) is 54.5 Å². The Hall–Kier alpha value is -2.60. The lowest BCUT2D eigenvalue weighted by Gasteiger charge is -2.34. The van der Waals surface area contributed by atoms with Crippen LogP contribution in [-0.4, -0.2) is 51.4 Å². The van der Waals surface area contributed by atoms with Crippen LogP contribution in [-0.2, 0) is 13.1 Å². The molecule has 1 aliphatic heterocycles. The van der Waals surface area contributed by atoms with Crippen LogP contribution < -0.4 is 0 Å². The summed E-state index contributed by atoms with van der Waals surface area (Å²) in [7, 11) is 0. The summed E-state index contributed by atoms with van der Waals surface area (Å²) < 4.78 is 7.83. The average molecular weight is 366 g/mol. The molecule has 0 atom stereocenters. The zero-order valence-corrected chi connectivity index (χ0v) is 16.2. The van der Waals surface area contributed by atoms with Crippen LogP contribution >= 0.6 is 0 Å². The van der Waals surface area contributed by atoms with E-state index in [1.807, 2.05) is 43.1 Å². The van der Waals surface area contributed by atoms with Crippen molar-refractivity contribution in [3.05, 3.63) is 53.4 Å². The van der Waals surface area contributed by atoms with Gasteiger partial charge >= 0.3 is 0 Å². The maximum Gasteiger partial charge on any atom is 0.256 e. The maximum absolute atomic E-state index is 13.1. The van der Waals surface area contributed by atoms with E-state index in [2.05, 4.69) is 27.4 Å². The minimum atomic E-state index is 0.126. The number of fused-ring (bicyclic) bond motifs is 1. The highest BCUT2D eigenvalue weighted by molar-refractivity contribution is 6.07. The van der Waals surface area contributed by atoms with Crippen LogP contribution in [0.3, 0.4) is 0 Å². The molecule has 0 aliphatic carbocycles. The largest absolute Gasteiger partial charge is 0.444 e. The third kappa shape index (κ3) is 3.37. The Morgan fingerprint density at radius 1 is 1.15 bits per heavy atom. The minimum Gasteiger partial charge on any atom is -0.444 e. The van der Waals surface area contributed by atoms with Crippen molar-refractivity contribution < 1.29 is 9.21 Å². The summed E-state index contributed by atoms with van der Waals surface area (Å²) in [6.45, 7) is 10.7. The van der Waals surface area contributed by atoms with Gasteiger partial charge in [0.15, 0.2) is 0 Å². The molecule has 1 aromatic carbocycles. The third-order valence-corrected chi connectivity index (χ3v) is 5.45. The van der Waals surface area contributed by atoms with Crippen LogP contribution in [0.4, 0.5) is 0 Å². The van der Waals surface area contributed by atoms with Gasteiger partial charge < -0.3 is 13.9 Å². The molecule has 1 saturated heterocycles. The van der Waals surface area contributed by atoms with Gasteiger partial charge in [-0.15, -0.1) is 0 Å². The van der Waals surface area contributed by atoms with E-state index >= 15 is 0 Å². The van der Waals surface area contributed by atoms with Crippen molar-refractivity contribution in [3.63, 3.8) is 0 Å². The summed E-state index contributed by atoms with van der Waals surface area (Å²) in [4.78, 5) is 21.8. The van der Waals surface area contributed by atoms with Crippen molar-refractivity contribution in [2.75, 3.05) is 26.2 Å². The van der Waals surface area contributed by atoms with E-state index in [-0.39, 0.29) is 5.91 Å². The van der Waals surface area contributed by atoms with Crippen LogP contribution in [0.15, 0.2) is 34.9 Å². The van der Waals surface area contributed by atoms with Crippen molar-refractivity contribution in [2.45, 2.75) is 33.9 Å². The summed E-state index contributed by atoms with van der Waals surface area (Å²) in [6.07, 6.45) is 2.00. The number of rotatable bonds is 4. The van der Waals surface area contributed by atoms with E-state index in [1.165, 1.54) is 0 Å². The average Bonchev–Trinajstić information content (AvgIpc) is 3.21. The highest BCUT2D eigenvalue weighted by Gasteiger charge is 2.25. The van der Waals surface area contributed by atoms with Crippen LogP contribution in [0.25, 0.3) is 10.9 Å². The van der Waals surface area contributed by atoms with Crippen LogP contribution in [0, 0.1) is 13.8 Å². The fourth-order valence-corrected chi connectivity index (χ4v) is 3.76. The van der Waals surface area contributed by atoms with Crippen LogP contribution in [0.1, 0.15) is 34.6 Å². The molecule has 0 bridgehead atoms. The molecule has 2 aromatic heterocycles. The molecule has 0 N–H and O–H groups in total. The van der Waals surface area contributed by atoms with Gasteiger partial charge in [-0.05, 0) is 26.8 Å². The standard InChI is InChI=1S/C21H26N4O2/c1-4-24-13-18(17-7-5-6-8-19(17)24)21(26)25-11-9-23(10-12-25)14-20-22-15(2)16(3)27-20/h5-8,13H,4,9-12,14H2,1-3H3. The Labute approximate surface area is 159 Å². The van der Waals surface area contributed by atoms with Gasteiger partial charge in [-0.2, -0.15) is 0 Å². The molecular weight excluding hydrogens is 340 g/mol. The van der Waals surface area contributed by atoms with Gasteiger partial charge in [0, 0.05) is 49.8 Å². The molecule has 3 heterocycles. The first-order valence-electron chi connectivity index (χ1n) is 9.59. The van der Waals surface area contributed by atoms with E-state index in [9.17, 15) is 4.79 Å². The molecule has 0 saturated carbocycles. The second-order valence-corrected chi connectivity index (χ2v) is 7.16. The number of benzene rings is 1. The Morgan fingerprint density at radius 2 is 1.89 bits per heavy atom. The normalized spacial score (nSPS) is 15.6. The lowest BCUT2D eigenvalue weighted by Crippen LogP contribution is -2.48. The molecule has 6 heteroatoms. The number of hydrogen-bond donors (Lipinski definition) is 0. The number of nitrogens with zero attached hydrogens (tertiary/aromatic N) is 4. The molecule has 27 heavy (non-hydrogen) atoms. The molecule has 4 rings (SSSR count). The number of carbonyl (C=O) groups is 1. The summed E-state index contributed by atoms with van der Waals surface area (Å²) in [5.74, 6) is 1.77. The summed E-state index contributed by atoms with van der Waals surface area (Å²) in [6, 6.07) is 8.14. The number of aryl methyl sites for hydroxylation is 3. The Kier molecular flexibility index (Phi) is 4.74. The molecular formula is C21H26N4O2. The maximum atomic E-state index is 13.1. The Balaban J connectivity index is 1.44. The van der Waals surface area contributed by atoms with E-state index in [0.29, 0.717) is 6.54 Å². The van der Waals surface area contributed by atoms with Crippen molar-refractivity contribution in [2.24, 2.45) is 0 Å². The van der Waals surface area contributed by atoms with Crippen LogP contribution in [0.5, 0.6) is 0 Å². The fraction of sp³-hybridized carbons (Fsp3) is 0.429. The van der Waals surface area contributed by atoms with Gasteiger partial charge in [-0.3, -0.25) is 9.69 Å². The van der Waals surface area contributed by atoms with Gasteiger partial charge in [-0.1, -0.05) is 18.2 Å². The first-order chi connectivity index (χ1) is 13.1. The molecule has 1 aliphatic rings. The number of aromatic nitrogens is 2. The van der Waals surface area contributed by atoms with E-state index in [0.717, 1.165) is 66.5 Å². The van der Waals surface area contributed by atoms with Crippen molar-refractivity contribution >= 4 is 16.8 Å². The second kappa shape index (κ2) is 7.19. The Bertz CT molecular complexity index is 944. The molecule has 0 spiro atoms. The predicted octanol–water partition coefficient (Wildman–Crippen LogP) is 3.22. The van der Waals surface area contributed by atoms with Gasteiger partial charge in [0.2, 0.25) is 5.89 Å². The van der Waals surface area contributed by atoms with E-state index in [1.54, 1.807) is 0 Å². The Morgan fingerprint density at radius 3 is 2.56 bits per heavy atom. The highest BCUT2D eigenvalue weighted by Crippen LogP contribution is 2.23. The highest BCUT2D eigenvalue weighted by atomic mass is 16.4. The quantitative estimate of drug-likeness (QED) is 0.711. The number of piperazine rings is 1. The predicted molar refractivity (Wildman–Crippen MR) is 105 cm³/mol. The van der Waals surface area contributed by atoms with E-state index < -0.39 is 0 Å². The van der Waals surface area contributed by atoms with Gasteiger partial charge in [0.1, 0.15) is 5.76 Å². The van der Waals surface area contributed by atoms with Gasteiger partial charge in [-0.25, -0.2) is 4.98 Å². The van der Waals surface area contributed by atoms with Crippen molar-refractivity contribution in [3.8, 4) is 0 Å². The van der Waals surface area contributed by atoms with E-state index in [4.69, 9.17) is 4.42 Å². The van der Waals surface area contributed by atoms with Crippen LogP contribution in [0.2, 0.25) is 0 Å². The lowest BCUT2D eigenvalue weighted by atomic mass is 10.1. The molecule has 1 fully saturated rings. The third-order valence-electron chi connectivity index (χ3n) is 5.45. The van der Waals surface area contributed by atoms with Crippen molar-refractivity contribution in [1.29, 1.82) is 0 Å². The second-order valence-electron chi connectivity index (χ2n) is 7.16. The molecule has 0 radical (unpaired) electrons. The number of para-hydroxylation sites is 1. The molecule has 3 aromatic rings. The molecule has 0 unspecified atom stereocenters. The zero-order valence-electron chi connectivity index (χ0n) is 16.2. The SMILES string of the molecule is CCn1cc(C(=O)N2CCN(Cc3nc(C)c(C)o3)CC2)c2ccccc21. The first kappa shape index (κ1) is 17.8. The zero-order chi connectivity index (χ0) is 19.0. The molecule has 6 nitrogen and oxygen atoms in total. The number of amides is 1. The number of carbonyl (C=O) groups excluding carboxylic acids is 1. The number of hydrogen-bond acceptors (Lipinski definition) is 4. The first-order valence-corrected chi connectivity index (χ1v) is 9.59. The van der Waals surface area contributed by atoms with Gasteiger partial charge in [0.25, 0.3) is 5.91 Å². The number of oxazole rings is 1. The molecule has 142 valence electrons. The minimum absolute atomic E-state index is 0.126. The van der Waals surface area contributed by atoms with Crippen molar-refractivity contribution in [1.82, 2.24) is 19.4 Å². The smallest absolute Gasteiger partial charge is 0.256 e. The summed E-state index contributed by atoms with van der Waals surface area (Å²) in [5, 5.41) is 1.04. The lowest BCUT2D eigenvalue weighted by molar-refractivity contribution is 0.0619.